The van der Waals surface area contributed by atoms with Crippen LogP contribution >= 0.6 is 0 Å². The van der Waals surface area contributed by atoms with E-state index in [1.54, 1.807) is 58.9 Å². The van der Waals surface area contributed by atoms with E-state index in [-0.39, 0.29) is 33.8 Å². The topological polar surface area (TPSA) is 115 Å². The number of fused-ring (bicyclic) bond motifs is 2. The number of esters is 1. The van der Waals surface area contributed by atoms with Crippen molar-refractivity contribution < 1.29 is 28.6 Å². The van der Waals surface area contributed by atoms with Crippen molar-refractivity contribution in [3.63, 3.8) is 0 Å². The summed E-state index contributed by atoms with van der Waals surface area (Å²) in [6, 6.07) is 8.17. The summed E-state index contributed by atoms with van der Waals surface area (Å²) in [7, 11) is 0. The highest BCUT2D eigenvalue weighted by molar-refractivity contribution is 5.94. The van der Waals surface area contributed by atoms with Gasteiger partial charge in [0, 0.05) is 12.1 Å². The van der Waals surface area contributed by atoms with Gasteiger partial charge in [-0.2, -0.15) is 0 Å². The molecule has 3 rings (SSSR count). The summed E-state index contributed by atoms with van der Waals surface area (Å²) in [5.74, 6) is -1.44. The largest absolute Gasteiger partial charge is 0.507 e. The van der Waals surface area contributed by atoms with Gasteiger partial charge in [0.05, 0.1) is 5.39 Å². The number of amides is 1. The van der Waals surface area contributed by atoms with Crippen LogP contribution in [0.1, 0.15) is 34.6 Å². The molecule has 1 aromatic heterocycles. The number of phenols is 1. The third-order valence-corrected chi connectivity index (χ3v) is 4.44. The van der Waals surface area contributed by atoms with E-state index in [0.717, 1.165) is 6.07 Å². The maximum absolute atomic E-state index is 12.7. The van der Waals surface area contributed by atoms with Crippen molar-refractivity contribution in [1.82, 2.24) is 5.32 Å². The first-order valence-corrected chi connectivity index (χ1v) is 9.86. The highest BCUT2D eigenvalue weighted by Crippen LogP contribution is 2.30. The standard InChI is InChI=1S/C23H25NO7/c1-12(2)19(24-22(28)31-23(3,4)5)21(27)29-13-10-15(25)18-17(11-13)30-16-9-7-6-8-14(16)20(18)26/h6-12,19,25H,1-5H3,(H,24,28)/t19-/m1/s1. The molecule has 0 saturated heterocycles. The minimum absolute atomic E-state index is 0.00853. The lowest BCUT2D eigenvalue weighted by Crippen LogP contribution is -2.48. The van der Waals surface area contributed by atoms with Crippen LogP contribution in [0, 0.1) is 5.92 Å². The van der Waals surface area contributed by atoms with E-state index in [0.29, 0.717) is 11.0 Å². The molecular formula is C23H25NO7. The number of para-hydroxylation sites is 1. The van der Waals surface area contributed by atoms with Crippen LogP contribution < -0.4 is 15.5 Å². The normalized spacial score (nSPS) is 12.7. The molecule has 1 atom stereocenters. The van der Waals surface area contributed by atoms with Crippen LogP contribution in [0.3, 0.4) is 0 Å². The summed E-state index contributed by atoms with van der Waals surface area (Å²) in [6.07, 6.45) is -0.748. The van der Waals surface area contributed by atoms with E-state index in [1.165, 1.54) is 6.07 Å². The fourth-order valence-corrected chi connectivity index (χ4v) is 3.05. The zero-order chi connectivity index (χ0) is 22.9. The van der Waals surface area contributed by atoms with Crippen molar-refractivity contribution in [3.8, 4) is 11.5 Å². The van der Waals surface area contributed by atoms with Crippen LogP contribution in [0.15, 0.2) is 45.6 Å². The molecule has 0 aliphatic heterocycles. The van der Waals surface area contributed by atoms with E-state index >= 15 is 0 Å². The van der Waals surface area contributed by atoms with Gasteiger partial charge in [0.15, 0.2) is 0 Å². The minimum atomic E-state index is -0.990. The molecule has 0 aliphatic rings. The second kappa shape index (κ2) is 8.29. The molecular weight excluding hydrogens is 402 g/mol. The van der Waals surface area contributed by atoms with Crippen LogP contribution in [0.4, 0.5) is 4.79 Å². The van der Waals surface area contributed by atoms with Crippen LogP contribution in [0.2, 0.25) is 0 Å². The predicted octanol–water partition coefficient (Wildman–Crippen LogP) is 4.11. The molecule has 0 aliphatic carbocycles. The van der Waals surface area contributed by atoms with Gasteiger partial charge in [-0.15, -0.1) is 0 Å². The molecule has 164 valence electrons. The molecule has 8 nitrogen and oxygen atoms in total. The van der Waals surface area contributed by atoms with Gasteiger partial charge in [0.2, 0.25) is 5.43 Å². The van der Waals surface area contributed by atoms with E-state index in [2.05, 4.69) is 5.32 Å². The van der Waals surface area contributed by atoms with Gasteiger partial charge in [0.1, 0.15) is 39.7 Å². The Morgan fingerprint density at radius 2 is 1.77 bits per heavy atom. The van der Waals surface area contributed by atoms with Crippen molar-refractivity contribution in [1.29, 1.82) is 0 Å². The Morgan fingerprint density at radius 3 is 2.42 bits per heavy atom. The lowest BCUT2D eigenvalue weighted by atomic mass is 10.1. The number of hydrogen-bond donors (Lipinski definition) is 2. The number of aromatic hydroxyl groups is 1. The third kappa shape index (κ3) is 4.96. The van der Waals surface area contributed by atoms with Gasteiger partial charge >= 0.3 is 12.1 Å². The Bertz CT molecular complexity index is 1200. The average molecular weight is 427 g/mol. The second-order valence-electron chi connectivity index (χ2n) is 8.53. The first-order valence-electron chi connectivity index (χ1n) is 9.86. The van der Waals surface area contributed by atoms with E-state index in [9.17, 15) is 19.5 Å². The van der Waals surface area contributed by atoms with Crippen LogP contribution in [0.25, 0.3) is 21.9 Å². The van der Waals surface area contributed by atoms with Crippen molar-refractivity contribution >= 4 is 34.0 Å². The fourth-order valence-electron chi connectivity index (χ4n) is 3.05. The van der Waals surface area contributed by atoms with Crippen LogP contribution in [-0.4, -0.2) is 28.8 Å². The van der Waals surface area contributed by atoms with Crippen molar-refractivity contribution in [3.05, 3.63) is 46.6 Å². The molecule has 1 heterocycles. The van der Waals surface area contributed by atoms with Crippen LogP contribution in [0.5, 0.6) is 11.5 Å². The molecule has 0 saturated carbocycles. The molecule has 0 unspecified atom stereocenters. The minimum Gasteiger partial charge on any atom is -0.507 e. The molecule has 0 spiro atoms. The molecule has 2 N–H and O–H groups in total. The molecule has 31 heavy (non-hydrogen) atoms. The lowest BCUT2D eigenvalue weighted by molar-refractivity contribution is -0.137. The van der Waals surface area contributed by atoms with Crippen molar-refractivity contribution in [2.24, 2.45) is 5.92 Å². The SMILES string of the molecule is CC(C)[C@@H](NC(=O)OC(C)(C)C)C(=O)Oc1cc(O)c2c(=O)c3ccccc3oc2c1. The number of hydrogen-bond acceptors (Lipinski definition) is 7. The Balaban J connectivity index is 1.90. The van der Waals surface area contributed by atoms with E-state index in [1.807, 2.05) is 0 Å². The number of rotatable bonds is 4. The first-order chi connectivity index (χ1) is 14.5. The molecule has 3 aromatic rings. The zero-order valence-corrected chi connectivity index (χ0v) is 18.0. The Hall–Kier alpha value is -3.55. The molecule has 1 amide bonds. The number of carbonyl (C=O) groups is 2. The van der Waals surface area contributed by atoms with E-state index < -0.39 is 23.7 Å². The quantitative estimate of drug-likeness (QED) is 0.366. The Kier molecular flexibility index (Phi) is 5.92. The Morgan fingerprint density at radius 1 is 1.10 bits per heavy atom. The summed E-state index contributed by atoms with van der Waals surface area (Å²) < 4.78 is 16.3. The highest BCUT2D eigenvalue weighted by Gasteiger charge is 2.29. The van der Waals surface area contributed by atoms with Gasteiger partial charge in [-0.1, -0.05) is 26.0 Å². The lowest BCUT2D eigenvalue weighted by Gasteiger charge is -2.24. The van der Waals surface area contributed by atoms with Gasteiger partial charge in [0.25, 0.3) is 0 Å². The maximum atomic E-state index is 12.7. The average Bonchev–Trinajstić information content (AvgIpc) is 2.64. The van der Waals surface area contributed by atoms with E-state index in [4.69, 9.17) is 13.9 Å². The zero-order valence-electron chi connectivity index (χ0n) is 18.0. The maximum Gasteiger partial charge on any atom is 0.408 e. The second-order valence-corrected chi connectivity index (χ2v) is 8.53. The molecule has 2 aromatic carbocycles. The van der Waals surface area contributed by atoms with Gasteiger partial charge in [-0.3, -0.25) is 4.79 Å². The monoisotopic (exact) mass is 427 g/mol. The summed E-state index contributed by atoms with van der Waals surface area (Å²) in [5.41, 5.74) is -0.693. The van der Waals surface area contributed by atoms with Gasteiger partial charge < -0.3 is 24.3 Å². The smallest absolute Gasteiger partial charge is 0.408 e. The summed E-state index contributed by atoms with van der Waals surface area (Å²) >= 11 is 0. The van der Waals surface area contributed by atoms with Crippen molar-refractivity contribution in [2.75, 3.05) is 0 Å². The molecule has 0 fully saturated rings. The fraction of sp³-hybridized carbons (Fsp3) is 0.348. The summed E-state index contributed by atoms with van der Waals surface area (Å²) in [4.78, 5) is 37.5. The molecule has 0 bridgehead atoms. The highest BCUT2D eigenvalue weighted by atomic mass is 16.6. The number of ether oxygens (including phenoxy) is 2. The number of phenolic OH excluding ortho intramolecular Hbond substituents is 1. The number of benzene rings is 2. The van der Waals surface area contributed by atoms with Gasteiger partial charge in [-0.05, 0) is 38.8 Å². The molecule has 8 heteroatoms. The summed E-state index contributed by atoms with van der Waals surface area (Å²) in [6.45, 7) is 8.62. The van der Waals surface area contributed by atoms with Crippen LogP contribution in [-0.2, 0) is 9.53 Å². The predicted molar refractivity (Wildman–Crippen MR) is 115 cm³/mol. The third-order valence-electron chi connectivity index (χ3n) is 4.44. The first kappa shape index (κ1) is 22.1. The van der Waals surface area contributed by atoms with Crippen molar-refractivity contribution in [2.45, 2.75) is 46.3 Å². The summed E-state index contributed by atoms with van der Waals surface area (Å²) in [5, 5.41) is 13.2. The Labute approximate surface area is 178 Å². The number of carbonyl (C=O) groups excluding carboxylic acids is 2. The van der Waals surface area contributed by atoms with Gasteiger partial charge in [-0.25, -0.2) is 9.59 Å². The number of alkyl carbamates (subject to hydrolysis) is 1. The molecule has 0 radical (unpaired) electrons. The number of nitrogens with one attached hydrogen (secondary N) is 1.